The number of nitrogens with one attached hydrogen (secondary N) is 1. The van der Waals surface area contributed by atoms with Gasteiger partial charge in [-0.25, -0.2) is 14.4 Å². The Bertz CT molecular complexity index is 1260. The van der Waals surface area contributed by atoms with E-state index in [-0.39, 0.29) is 17.0 Å². The Labute approximate surface area is 179 Å². The van der Waals surface area contributed by atoms with Crippen molar-refractivity contribution in [2.24, 2.45) is 0 Å². The highest BCUT2D eigenvalue weighted by Gasteiger charge is 2.30. The van der Waals surface area contributed by atoms with Gasteiger partial charge in [-0.05, 0) is 48.5 Å². The molecule has 0 spiro atoms. The minimum Gasteiger partial charge on any atom is -0.393 e. The molecule has 0 radical (unpaired) electrons. The average molecular weight is 444 g/mol. The Kier molecular flexibility index (Phi) is 5.72. The molecule has 3 heterocycles. The molecule has 6 nitrogen and oxygen atoms in total. The molecule has 0 aliphatic rings. The van der Waals surface area contributed by atoms with Gasteiger partial charge in [0.05, 0.1) is 23.4 Å². The van der Waals surface area contributed by atoms with Crippen LogP contribution in [0, 0.1) is 5.82 Å². The molecular weight excluding hydrogens is 428 g/mol. The number of anilines is 2. The van der Waals surface area contributed by atoms with Crippen molar-refractivity contribution < 1.29 is 27.8 Å². The molecule has 32 heavy (non-hydrogen) atoms. The zero-order valence-corrected chi connectivity index (χ0v) is 16.3. The summed E-state index contributed by atoms with van der Waals surface area (Å²) >= 11 is 0. The third-order valence-electron chi connectivity index (χ3n) is 4.75. The van der Waals surface area contributed by atoms with Crippen molar-refractivity contribution in [2.75, 3.05) is 11.9 Å². The number of alkyl halides is 3. The van der Waals surface area contributed by atoms with E-state index in [1.807, 2.05) is 0 Å². The fourth-order valence-corrected chi connectivity index (χ4v) is 3.09. The fourth-order valence-electron chi connectivity index (χ4n) is 3.09. The number of aliphatic hydroxyl groups excluding tert-OH is 2. The summed E-state index contributed by atoms with van der Waals surface area (Å²) in [6.07, 6.45) is -2.93. The number of benzene rings is 1. The fraction of sp³-hybridized carbons (Fsp3) is 0.136. The van der Waals surface area contributed by atoms with Crippen LogP contribution in [-0.4, -0.2) is 31.8 Å². The molecule has 1 unspecified atom stereocenters. The van der Waals surface area contributed by atoms with Crippen LogP contribution in [0.5, 0.6) is 0 Å². The Morgan fingerprint density at radius 1 is 1.00 bits per heavy atom. The number of aromatic nitrogens is 3. The molecule has 3 N–H and O–H groups in total. The quantitative estimate of drug-likeness (QED) is 0.389. The van der Waals surface area contributed by atoms with Crippen LogP contribution in [0.1, 0.15) is 17.2 Å². The zero-order chi connectivity index (χ0) is 22.9. The highest BCUT2D eigenvalue weighted by Crippen LogP contribution is 2.31. The molecule has 1 aromatic carbocycles. The van der Waals surface area contributed by atoms with Crippen LogP contribution in [0.2, 0.25) is 0 Å². The lowest BCUT2D eigenvalue weighted by Gasteiger charge is -2.12. The van der Waals surface area contributed by atoms with Gasteiger partial charge >= 0.3 is 6.18 Å². The monoisotopic (exact) mass is 444 g/mol. The molecule has 4 rings (SSSR count). The third kappa shape index (κ3) is 4.36. The molecule has 0 saturated carbocycles. The first-order valence-corrected chi connectivity index (χ1v) is 9.41. The van der Waals surface area contributed by atoms with Gasteiger partial charge in [0.15, 0.2) is 5.82 Å². The summed E-state index contributed by atoms with van der Waals surface area (Å²) in [5.41, 5.74) is 0.469. The molecule has 10 heteroatoms. The van der Waals surface area contributed by atoms with Crippen LogP contribution >= 0.6 is 0 Å². The predicted octanol–water partition coefficient (Wildman–Crippen LogP) is 4.62. The minimum atomic E-state index is -4.42. The van der Waals surface area contributed by atoms with Crippen molar-refractivity contribution in [2.45, 2.75) is 12.3 Å². The number of nitrogens with zero attached hydrogens (tertiary/aromatic N) is 3. The van der Waals surface area contributed by atoms with Crippen LogP contribution < -0.4 is 5.32 Å². The molecule has 0 fully saturated rings. The molecule has 0 aliphatic heterocycles. The van der Waals surface area contributed by atoms with E-state index in [1.165, 1.54) is 30.6 Å². The maximum atomic E-state index is 14.5. The van der Waals surface area contributed by atoms with Crippen LogP contribution in [0.15, 0.2) is 60.9 Å². The summed E-state index contributed by atoms with van der Waals surface area (Å²) < 4.78 is 52.7. The molecule has 0 amide bonds. The summed E-state index contributed by atoms with van der Waals surface area (Å²) in [7, 11) is 0. The molecule has 4 aromatic rings. The highest BCUT2D eigenvalue weighted by atomic mass is 19.4. The van der Waals surface area contributed by atoms with Crippen LogP contribution in [0.3, 0.4) is 0 Å². The molecule has 3 aromatic heterocycles. The molecule has 164 valence electrons. The summed E-state index contributed by atoms with van der Waals surface area (Å²) in [4.78, 5) is 12.6. The van der Waals surface area contributed by atoms with E-state index in [0.29, 0.717) is 22.4 Å². The maximum absolute atomic E-state index is 14.5. The van der Waals surface area contributed by atoms with E-state index in [0.717, 1.165) is 18.2 Å². The number of fused-ring (bicyclic) bond motifs is 1. The second-order valence-electron chi connectivity index (χ2n) is 6.92. The highest BCUT2D eigenvalue weighted by molar-refractivity contribution is 5.92. The number of hydrogen-bond donors (Lipinski definition) is 3. The first kappa shape index (κ1) is 21.6. The van der Waals surface area contributed by atoms with Crippen LogP contribution in [0.25, 0.3) is 22.3 Å². The van der Waals surface area contributed by atoms with Crippen molar-refractivity contribution in [3.63, 3.8) is 0 Å². The Balaban J connectivity index is 1.64. The number of halogens is 4. The van der Waals surface area contributed by atoms with Gasteiger partial charge in [0.25, 0.3) is 0 Å². The van der Waals surface area contributed by atoms with Crippen LogP contribution in [-0.2, 0) is 6.18 Å². The van der Waals surface area contributed by atoms with Crippen molar-refractivity contribution >= 4 is 22.4 Å². The smallest absolute Gasteiger partial charge is 0.393 e. The summed E-state index contributed by atoms with van der Waals surface area (Å²) in [5.74, 6) is -0.338. The average Bonchev–Trinajstić information content (AvgIpc) is 2.78. The van der Waals surface area contributed by atoms with Gasteiger partial charge in [-0.15, -0.1) is 0 Å². The van der Waals surface area contributed by atoms with Gasteiger partial charge in [-0.2, -0.15) is 13.2 Å². The molecule has 1 atom stereocenters. The normalized spacial score (nSPS) is 12.7. The Morgan fingerprint density at radius 2 is 1.75 bits per heavy atom. The van der Waals surface area contributed by atoms with E-state index >= 15 is 0 Å². The third-order valence-corrected chi connectivity index (χ3v) is 4.75. The summed E-state index contributed by atoms with van der Waals surface area (Å²) in [5, 5.41) is 22.1. The molecule has 0 saturated heterocycles. The van der Waals surface area contributed by atoms with Gasteiger partial charge in [0.1, 0.15) is 17.6 Å². The molecular formula is C22H16F4N4O2. The Hall–Kier alpha value is -3.63. The van der Waals surface area contributed by atoms with E-state index in [1.54, 1.807) is 12.1 Å². The van der Waals surface area contributed by atoms with Gasteiger partial charge in [0.2, 0.25) is 0 Å². The lowest BCUT2D eigenvalue weighted by molar-refractivity contribution is -0.137. The minimum absolute atomic E-state index is 0.0325. The van der Waals surface area contributed by atoms with Crippen molar-refractivity contribution in [1.29, 1.82) is 0 Å². The molecule has 0 aliphatic carbocycles. The number of hydrogen-bond acceptors (Lipinski definition) is 6. The summed E-state index contributed by atoms with van der Waals surface area (Å²) in [6, 6.07) is 10.4. The lowest BCUT2D eigenvalue weighted by Crippen LogP contribution is -2.05. The van der Waals surface area contributed by atoms with E-state index < -0.39 is 30.3 Å². The van der Waals surface area contributed by atoms with Crippen molar-refractivity contribution in [3.05, 3.63) is 77.9 Å². The zero-order valence-electron chi connectivity index (χ0n) is 16.3. The number of aliphatic hydroxyl groups is 2. The maximum Gasteiger partial charge on any atom is 0.416 e. The van der Waals surface area contributed by atoms with E-state index in [2.05, 4.69) is 20.3 Å². The SMILES string of the molecule is OCC(O)c1cnc(-c2ccc3c(Nc4ccc(C(F)(F)F)cc4)nccc3n2)c(F)c1. The first-order valence-electron chi connectivity index (χ1n) is 9.41. The number of rotatable bonds is 5. The predicted molar refractivity (Wildman–Crippen MR) is 109 cm³/mol. The van der Waals surface area contributed by atoms with Crippen LogP contribution in [0.4, 0.5) is 29.1 Å². The largest absolute Gasteiger partial charge is 0.416 e. The van der Waals surface area contributed by atoms with Gasteiger partial charge in [-0.1, -0.05) is 0 Å². The second-order valence-corrected chi connectivity index (χ2v) is 6.92. The molecule has 0 bridgehead atoms. The van der Waals surface area contributed by atoms with Gasteiger partial charge < -0.3 is 15.5 Å². The van der Waals surface area contributed by atoms with Gasteiger partial charge in [-0.3, -0.25) is 4.98 Å². The van der Waals surface area contributed by atoms with Crippen molar-refractivity contribution in [3.8, 4) is 11.4 Å². The summed E-state index contributed by atoms with van der Waals surface area (Å²) in [6.45, 7) is -0.559. The first-order chi connectivity index (χ1) is 15.3. The lowest BCUT2D eigenvalue weighted by atomic mass is 10.1. The topological polar surface area (TPSA) is 91.2 Å². The van der Waals surface area contributed by atoms with E-state index in [4.69, 9.17) is 5.11 Å². The van der Waals surface area contributed by atoms with E-state index in [9.17, 15) is 22.7 Å². The van der Waals surface area contributed by atoms with Crippen molar-refractivity contribution in [1.82, 2.24) is 15.0 Å². The number of pyridine rings is 3. The van der Waals surface area contributed by atoms with Gasteiger partial charge in [0, 0.05) is 29.0 Å². The second kappa shape index (κ2) is 8.48. The standard InChI is InChI=1S/C22H16F4N4O2/c23-16-9-12(19(32)11-31)10-28-20(16)18-6-5-15-17(30-18)7-8-27-21(15)29-14-3-1-13(2-4-14)22(24,25)26/h1-10,19,31-32H,11H2,(H,27,29). The Morgan fingerprint density at radius 3 is 2.41 bits per heavy atom.